The predicted molar refractivity (Wildman–Crippen MR) is 121 cm³/mol. The molecular formula is C23H34N2O6. The Morgan fingerprint density at radius 3 is 1.61 bits per heavy atom. The molecule has 0 heterocycles. The summed E-state index contributed by atoms with van der Waals surface area (Å²) in [5.41, 5.74) is 6.97. The van der Waals surface area contributed by atoms with Crippen LogP contribution in [-0.2, 0) is 20.8 Å². The fourth-order valence-corrected chi connectivity index (χ4v) is 1.87. The van der Waals surface area contributed by atoms with Crippen molar-refractivity contribution in [2.45, 2.75) is 47.1 Å². The van der Waals surface area contributed by atoms with Crippen LogP contribution in [0.3, 0.4) is 0 Å². The maximum atomic E-state index is 11.0. The van der Waals surface area contributed by atoms with E-state index >= 15 is 0 Å². The molecule has 0 bridgehead atoms. The number of benzene rings is 2. The lowest BCUT2D eigenvalue weighted by Gasteiger charge is -2.13. The quantitative estimate of drug-likeness (QED) is 0.485. The van der Waals surface area contributed by atoms with E-state index < -0.39 is 17.9 Å². The summed E-state index contributed by atoms with van der Waals surface area (Å²) < 4.78 is 0. The summed E-state index contributed by atoms with van der Waals surface area (Å²) in [6.07, 6.45) is 0.140. The van der Waals surface area contributed by atoms with Gasteiger partial charge in [0.15, 0.2) is 0 Å². The normalized spacial score (nSPS) is 9.87. The predicted octanol–water partition coefficient (Wildman–Crippen LogP) is 2.78. The Balaban J connectivity index is 0. The number of hydrogen-bond donors (Lipinski definition) is 5. The minimum Gasteiger partial charge on any atom is -0.508 e. The average Bonchev–Trinajstić information content (AvgIpc) is 2.72. The molecule has 172 valence electrons. The zero-order chi connectivity index (χ0) is 24.4. The molecule has 0 spiro atoms. The number of phenolic OH excluding ortho intramolecular Hbond substituents is 2. The lowest BCUT2D eigenvalue weighted by molar-refractivity contribution is -0.141. The molecule has 0 saturated heterocycles. The van der Waals surface area contributed by atoms with Crippen LogP contribution in [0.15, 0.2) is 48.5 Å². The fourth-order valence-electron chi connectivity index (χ4n) is 1.87. The van der Waals surface area contributed by atoms with Crippen molar-refractivity contribution in [3.05, 3.63) is 59.7 Å². The Hall–Kier alpha value is -3.39. The number of nitrogens with two attached hydrogens (primary N) is 1. The summed E-state index contributed by atoms with van der Waals surface area (Å²) in [4.78, 5) is 31.4. The Morgan fingerprint density at radius 2 is 1.29 bits per heavy atom. The third-order valence-corrected chi connectivity index (χ3v) is 3.23. The topological polar surface area (TPSA) is 150 Å². The number of aryl methyl sites for hydroxylation is 1. The van der Waals surface area contributed by atoms with Crippen molar-refractivity contribution in [1.82, 2.24) is 5.32 Å². The van der Waals surface area contributed by atoms with Crippen LogP contribution in [-0.4, -0.2) is 45.6 Å². The van der Waals surface area contributed by atoms with Crippen molar-refractivity contribution in [3.8, 4) is 11.5 Å². The van der Waals surface area contributed by atoms with Crippen LogP contribution in [0, 0.1) is 6.92 Å². The molecular weight excluding hydrogens is 400 g/mol. The molecule has 8 heteroatoms. The first kappa shape index (κ1) is 29.8. The van der Waals surface area contributed by atoms with Crippen LogP contribution in [0.25, 0.3) is 0 Å². The molecule has 1 unspecified atom stereocenters. The molecule has 2 aromatic rings. The molecule has 31 heavy (non-hydrogen) atoms. The number of aliphatic carboxylic acids is 1. The van der Waals surface area contributed by atoms with Crippen LogP contribution in [0.2, 0.25) is 0 Å². The van der Waals surface area contributed by atoms with Crippen LogP contribution in [0.1, 0.15) is 38.8 Å². The molecule has 0 aliphatic heterocycles. The van der Waals surface area contributed by atoms with E-state index in [2.05, 4.69) is 5.32 Å². The van der Waals surface area contributed by atoms with E-state index in [-0.39, 0.29) is 24.5 Å². The van der Waals surface area contributed by atoms with Gasteiger partial charge in [-0.05, 0) is 50.6 Å². The number of nitrogens with one attached hydrogen (secondary N) is 1. The molecule has 0 aliphatic rings. The van der Waals surface area contributed by atoms with E-state index in [4.69, 9.17) is 21.1 Å². The summed E-state index contributed by atoms with van der Waals surface area (Å²) in [7, 11) is 0. The molecule has 1 atom stereocenters. The van der Waals surface area contributed by atoms with E-state index in [0.717, 1.165) is 0 Å². The second-order valence-electron chi connectivity index (χ2n) is 6.28. The van der Waals surface area contributed by atoms with Crippen molar-refractivity contribution in [2.24, 2.45) is 5.73 Å². The van der Waals surface area contributed by atoms with Gasteiger partial charge in [0, 0.05) is 6.42 Å². The first-order valence-corrected chi connectivity index (χ1v) is 9.78. The SMILES string of the molecule is CC.CC(C)=O.Cc1ccc(O)cc1.NCC(=O)NC(Cc1ccc(O)cc1)C(=O)O. The summed E-state index contributed by atoms with van der Waals surface area (Å²) in [5.74, 6) is -1.04. The van der Waals surface area contributed by atoms with Crippen LogP contribution >= 0.6 is 0 Å². The van der Waals surface area contributed by atoms with E-state index in [9.17, 15) is 14.4 Å². The Labute approximate surface area is 183 Å². The molecule has 8 nitrogen and oxygen atoms in total. The highest BCUT2D eigenvalue weighted by molar-refractivity contribution is 5.84. The number of phenols is 2. The number of carboxylic acid groups (broad SMARTS) is 1. The molecule has 0 fully saturated rings. The van der Waals surface area contributed by atoms with Crippen LogP contribution in [0.4, 0.5) is 0 Å². The van der Waals surface area contributed by atoms with E-state index in [1.54, 1.807) is 24.3 Å². The first-order valence-electron chi connectivity index (χ1n) is 9.78. The van der Waals surface area contributed by atoms with Gasteiger partial charge in [-0.25, -0.2) is 4.79 Å². The number of amides is 1. The minimum atomic E-state index is -1.13. The number of Topliss-reactive ketones (excluding diaryl/α,β-unsaturated/α-hetero) is 1. The monoisotopic (exact) mass is 434 g/mol. The minimum absolute atomic E-state index is 0.103. The Kier molecular flexibility index (Phi) is 16.8. The number of carboxylic acids is 1. The van der Waals surface area contributed by atoms with Crippen molar-refractivity contribution in [3.63, 3.8) is 0 Å². The molecule has 6 N–H and O–H groups in total. The number of rotatable bonds is 5. The van der Waals surface area contributed by atoms with Crippen molar-refractivity contribution < 1.29 is 29.7 Å². The Morgan fingerprint density at radius 1 is 0.903 bits per heavy atom. The zero-order valence-electron chi connectivity index (χ0n) is 18.8. The Bertz CT molecular complexity index is 749. The van der Waals surface area contributed by atoms with Crippen LogP contribution in [0.5, 0.6) is 11.5 Å². The molecule has 0 aliphatic carbocycles. The van der Waals surface area contributed by atoms with Gasteiger partial charge >= 0.3 is 5.97 Å². The van der Waals surface area contributed by atoms with Gasteiger partial charge in [0.1, 0.15) is 23.3 Å². The first-order chi connectivity index (χ1) is 14.5. The van der Waals surface area contributed by atoms with E-state index in [1.165, 1.54) is 31.5 Å². The highest BCUT2D eigenvalue weighted by Crippen LogP contribution is 2.11. The molecule has 0 aromatic heterocycles. The number of hydrogen-bond acceptors (Lipinski definition) is 6. The highest BCUT2D eigenvalue weighted by Gasteiger charge is 2.19. The second kappa shape index (κ2) is 17.5. The smallest absolute Gasteiger partial charge is 0.326 e. The third kappa shape index (κ3) is 17.2. The highest BCUT2D eigenvalue weighted by atomic mass is 16.4. The summed E-state index contributed by atoms with van der Waals surface area (Å²) >= 11 is 0. The maximum Gasteiger partial charge on any atom is 0.326 e. The second-order valence-corrected chi connectivity index (χ2v) is 6.28. The van der Waals surface area contributed by atoms with Gasteiger partial charge in [0.2, 0.25) is 5.91 Å². The largest absolute Gasteiger partial charge is 0.508 e. The third-order valence-electron chi connectivity index (χ3n) is 3.23. The van der Waals surface area contributed by atoms with Crippen molar-refractivity contribution in [1.29, 1.82) is 0 Å². The van der Waals surface area contributed by atoms with Gasteiger partial charge < -0.3 is 31.2 Å². The van der Waals surface area contributed by atoms with Crippen molar-refractivity contribution >= 4 is 17.7 Å². The van der Waals surface area contributed by atoms with E-state index in [0.29, 0.717) is 11.3 Å². The number of aromatic hydroxyl groups is 2. The average molecular weight is 435 g/mol. The standard InChI is InChI=1S/C11H14N2O4.C7H8O.C3H6O.C2H6/c12-6-10(15)13-9(11(16)17)5-7-1-3-8(14)4-2-7;1-6-2-4-7(8)5-3-6;1-3(2)4;1-2/h1-4,9,14H,5-6,12H2,(H,13,15)(H,16,17);2-5,8H,1H3;1-2H3;1-2H3. The summed E-state index contributed by atoms with van der Waals surface area (Å²) in [5, 5.41) is 29.1. The van der Waals surface area contributed by atoms with Gasteiger partial charge in [-0.2, -0.15) is 0 Å². The summed E-state index contributed by atoms with van der Waals surface area (Å²) in [6.45, 7) is 8.79. The van der Waals surface area contributed by atoms with Gasteiger partial charge in [-0.1, -0.05) is 43.7 Å². The van der Waals surface area contributed by atoms with Crippen LogP contribution < -0.4 is 11.1 Å². The molecule has 1 amide bonds. The van der Waals surface area contributed by atoms with E-state index in [1.807, 2.05) is 32.9 Å². The zero-order valence-corrected chi connectivity index (χ0v) is 18.8. The number of ketones is 1. The lowest BCUT2D eigenvalue weighted by atomic mass is 10.1. The number of carbonyl (C=O) groups excluding carboxylic acids is 2. The molecule has 2 rings (SSSR count). The number of carbonyl (C=O) groups is 3. The van der Waals surface area contributed by atoms with Gasteiger partial charge in [-0.15, -0.1) is 0 Å². The molecule has 0 radical (unpaired) electrons. The summed E-state index contributed by atoms with van der Waals surface area (Å²) in [6, 6.07) is 12.2. The fraction of sp³-hybridized carbons (Fsp3) is 0.348. The lowest BCUT2D eigenvalue weighted by Crippen LogP contribution is -2.44. The molecule has 0 saturated carbocycles. The van der Waals surface area contributed by atoms with Gasteiger partial charge in [-0.3, -0.25) is 4.79 Å². The maximum absolute atomic E-state index is 11.0. The molecule has 2 aromatic carbocycles. The van der Waals surface area contributed by atoms with Crippen molar-refractivity contribution in [2.75, 3.05) is 6.54 Å². The van der Waals surface area contributed by atoms with Gasteiger partial charge in [0.05, 0.1) is 6.54 Å². The van der Waals surface area contributed by atoms with Gasteiger partial charge in [0.25, 0.3) is 0 Å².